The Kier molecular flexibility index (Phi) is 5.10. The van der Waals surface area contributed by atoms with Crippen LogP contribution in [-0.2, 0) is 11.8 Å². The third kappa shape index (κ3) is 3.73. The van der Waals surface area contributed by atoms with Crippen LogP contribution in [-0.4, -0.2) is 35.3 Å². The van der Waals surface area contributed by atoms with Gasteiger partial charge in [-0.1, -0.05) is 18.2 Å². The molecule has 2 atom stereocenters. The lowest BCUT2D eigenvalue weighted by atomic mass is 10.1. The molecular formula is C17H21FN4O2. The summed E-state index contributed by atoms with van der Waals surface area (Å²) >= 11 is 0. The van der Waals surface area contributed by atoms with E-state index in [0.29, 0.717) is 30.5 Å². The number of aryl methyl sites for hydroxylation is 1. The molecule has 7 heteroatoms. The third-order valence-electron chi connectivity index (χ3n) is 4.18. The van der Waals surface area contributed by atoms with Crippen molar-refractivity contribution in [1.82, 2.24) is 20.2 Å². The van der Waals surface area contributed by atoms with Gasteiger partial charge in [-0.05, 0) is 12.5 Å². The minimum atomic E-state index is -0.661. The van der Waals surface area contributed by atoms with Crippen molar-refractivity contribution < 1.29 is 13.9 Å². The van der Waals surface area contributed by atoms with Crippen LogP contribution in [0.25, 0.3) is 0 Å². The van der Waals surface area contributed by atoms with Crippen LogP contribution < -0.4 is 10.6 Å². The highest BCUT2D eigenvalue weighted by atomic mass is 19.1. The zero-order valence-corrected chi connectivity index (χ0v) is 13.5. The van der Waals surface area contributed by atoms with Gasteiger partial charge >= 0.3 is 6.03 Å². The Morgan fingerprint density at radius 3 is 3.00 bits per heavy atom. The van der Waals surface area contributed by atoms with E-state index in [1.807, 2.05) is 7.05 Å². The maximum atomic E-state index is 14.2. The number of nitrogens with one attached hydrogen (secondary N) is 2. The van der Waals surface area contributed by atoms with E-state index in [0.717, 1.165) is 13.0 Å². The molecule has 2 aromatic rings. The number of urea groups is 1. The van der Waals surface area contributed by atoms with E-state index in [1.54, 1.807) is 35.2 Å². The molecule has 0 unspecified atom stereocenters. The molecule has 0 aliphatic carbocycles. The van der Waals surface area contributed by atoms with Gasteiger partial charge in [-0.15, -0.1) is 0 Å². The van der Waals surface area contributed by atoms with Crippen molar-refractivity contribution in [2.24, 2.45) is 13.0 Å². The molecule has 128 valence electrons. The Bertz CT molecular complexity index is 697. The number of imidazole rings is 1. The fourth-order valence-corrected chi connectivity index (χ4v) is 2.81. The first-order chi connectivity index (χ1) is 11.6. The largest absolute Gasteiger partial charge is 0.381 e. The van der Waals surface area contributed by atoms with Gasteiger partial charge in [0.2, 0.25) is 0 Å². The average molecular weight is 332 g/mol. The second-order valence-corrected chi connectivity index (χ2v) is 5.93. The smallest absolute Gasteiger partial charge is 0.315 e. The van der Waals surface area contributed by atoms with Gasteiger partial charge < -0.3 is 19.9 Å². The number of hydrogen-bond acceptors (Lipinski definition) is 3. The van der Waals surface area contributed by atoms with E-state index >= 15 is 0 Å². The normalized spacial score (nSPS) is 18.3. The first-order valence-electron chi connectivity index (χ1n) is 7.99. The number of benzene rings is 1. The molecule has 1 aliphatic rings. The molecule has 2 heterocycles. The molecule has 1 aromatic heterocycles. The molecule has 3 rings (SSSR count). The summed E-state index contributed by atoms with van der Waals surface area (Å²) in [4.78, 5) is 16.5. The molecule has 24 heavy (non-hydrogen) atoms. The number of ether oxygens (including phenoxy) is 1. The third-order valence-corrected chi connectivity index (χ3v) is 4.18. The van der Waals surface area contributed by atoms with E-state index in [9.17, 15) is 9.18 Å². The lowest BCUT2D eigenvalue weighted by Gasteiger charge is -2.20. The van der Waals surface area contributed by atoms with Crippen molar-refractivity contribution >= 4 is 6.03 Å². The van der Waals surface area contributed by atoms with E-state index in [-0.39, 0.29) is 11.8 Å². The lowest BCUT2D eigenvalue weighted by molar-refractivity contribution is 0.185. The van der Waals surface area contributed by atoms with Gasteiger partial charge in [0.15, 0.2) is 0 Å². The molecule has 0 saturated carbocycles. The van der Waals surface area contributed by atoms with Crippen molar-refractivity contribution in [3.8, 4) is 0 Å². The summed E-state index contributed by atoms with van der Waals surface area (Å²) in [5.41, 5.74) is 0.381. The molecule has 0 spiro atoms. The number of hydrogen-bond donors (Lipinski definition) is 2. The summed E-state index contributed by atoms with van der Waals surface area (Å²) in [6, 6.07) is 5.38. The summed E-state index contributed by atoms with van der Waals surface area (Å²) in [6.07, 6.45) is 4.33. The van der Waals surface area contributed by atoms with Crippen LogP contribution in [0.2, 0.25) is 0 Å². The lowest BCUT2D eigenvalue weighted by Crippen LogP contribution is -2.41. The number of carbonyl (C=O) groups is 1. The molecule has 1 fully saturated rings. The fraction of sp³-hybridized carbons (Fsp3) is 0.412. The minimum Gasteiger partial charge on any atom is -0.381 e. The van der Waals surface area contributed by atoms with Gasteiger partial charge in [-0.25, -0.2) is 14.2 Å². The van der Waals surface area contributed by atoms with Crippen molar-refractivity contribution in [1.29, 1.82) is 0 Å². The first-order valence-corrected chi connectivity index (χ1v) is 7.99. The Labute approximate surface area is 140 Å². The molecule has 0 radical (unpaired) electrons. The van der Waals surface area contributed by atoms with Crippen molar-refractivity contribution in [3.05, 3.63) is 53.9 Å². The standard InChI is InChI=1S/C17H21FN4O2/c1-22-8-7-19-16(22)15(13-4-2-3-5-14(13)18)21-17(23)20-10-12-6-9-24-11-12/h2-5,7-8,12,15H,6,9-11H2,1H3,(H2,20,21,23)/t12-,15+/m1/s1. The van der Waals surface area contributed by atoms with Gasteiger partial charge in [0.1, 0.15) is 17.7 Å². The zero-order chi connectivity index (χ0) is 16.9. The summed E-state index contributed by atoms with van der Waals surface area (Å²) in [5.74, 6) is 0.519. The zero-order valence-electron chi connectivity index (χ0n) is 13.5. The van der Waals surface area contributed by atoms with Crippen molar-refractivity contribution in [2.75, 3.05) is 19.8 Å². The van der Waals surface area contributed by atoms with Gasteiger partial charge in [-0.3, -0.25) is 0 Å². The number of halogens is 1. The van der Waals surface area contributed by atoms with Crippen molar-refractivity contribution in [3.63, 3.8) is 0 Å². The maximum absolute atomic E-state index is 14.2. The van der Waals surface area contributed by atoms with E-state index in [4.69, 9.17) is 4.74 Å². The molecule has 2 amide bonds. The Morgan fingerprint density at radius 1 is 1.50 bits per heavy atom. The molecule has 0 bridgehead atoms. The summed E-state index contributed by atoms with van der Waals surface area (Å²) in [6.45, 7) is 1.94. The predicted molar refractivity (Wildman–Crippen MR) is 86.9 cm³/mol. The Hall–Kier alpha value is -2.41. The topological polar surface area (TPSA) is 68.2 Å². The quantitative estimate of drug-likeness (QED) is 0.880. The molecule has 1 saturated heterocycles. The van der Waals surface area contributed by atoms with Crippen LogP contribution in [0.15, 0.2) is 36.7 Å². The van der Waals surface area contributed by atoms with Crippen LogP contribution in [0.5, 0.6) is 0 Å². The summed E-state index contributed by atoms with van der Waals surface area (Å²) in [5, 5.41) is 5.66. The highest BCUT2D eigenvalue weighted by Crippen LogP contribution is 2.23. The van der Waals surface area contributed by atoms with Crippen molar-refractivity contribution in [2.45, 2.75) is 12.5 Å². The number of rotatable bonds is 5. The second-order valence-electron chi connectivity index (χ2n) is 5.93. The summed E-state index contributed by atoms with van der Waals surface area (Å²) in [7, 11) is 1.81. The monoisotopic (exact) mass is 332 g/mol. The summed E-state index contributed by atoms with van der Waals surface area (Å²) < 4.78 is 21.3. The first kappa shape index (κ1) is 16.4. The van der Waals surface area contributed by atoms with Crippen LogP contribution in [0.1, 0.15) is 23.9 Å². The molecule has 6 nitrogen and oxygen atoms in total. The highest BCUT2D eigenvalue weighted by Gasteiger charge is 2.24. The highest BCUT2D eigenvalue weighted by molar-refractivity contribution is 5.74. The number of carbonyl (C=O) groups excluding carboxylic acids is 1. The van der Waals surface area contributed by atoms with E-state index in [2.05, 4.69) is 15.6 Å². The molecule has 1 aromatic carbocycles. The average Bonchev–Trinajstić information content (AvgIpc) is 3.23. The fourth-order valence-electron chi connectivity index (χ4n) is 2.81. The molecule has 2 N–H and O–H groups in total. The van der Waals surface area contributed by atoms with Crippen LogP contribution >= 0.6 is 0 Å². The van der Waals surface area contributed by atoms with E-state index < -0.39 is 6.04 Å². The Balaban J connectivity index is 1.74. The molecular weight excluding hydrogens is 311 g/mol. The van der Waals surface area contributed by atoms with Gasteiger partial charge in [0.05, 0.1) is 6.61 Å². The maximum Gasteiger partial charge on any atom is 0.315 e. The van der Waals surface area contributed by atoms with Crippen LogP contribution in [0.3, 0.4) is 0 Å². The minimum absolute atomic E-state index is 0.329. The van der Waals surface area contributed by atoms with Crippen LogP contribution in [0, 0.1) is 11.7 Å². The van der Waals surface area contributed by atoms with Gasteiger partial charge in [0, 0.05) is 44.1 Å². The SMILES string of the molecule is Cn1ccnc1[C@@H](NC(=O)NC[C@H]1CCOC1)c1ccccc1F. The van der Waals surface area contributed by atoms with E-state index in [1.165, 1.54) is 6.07 Å². The second kappa shape index (κ2) is 7.44. The number of amides is 2. The predicted octanol–water partition coefficient (Wildman–Crippen LogP) is 1.98. The van der Waals surface area contributed by atoms with Gasteiger partial charge in [0.25, 0.3) is 0 Å². The number of nitrogens with zero attached hydrogens (tertiary/aromatic N) is 2. The van der Waals surface area contributed by atoms with Gasteiger partial charge in [-0.2, -0.15) is 0 Å². The van der Waals surface area contributed by atoms with Crippen LogP contribution in [0.4, 0.5) is 9.18 Å². The number of aromatic nitrogens is 2. The Morgan fingerprint density at radius 2 is 2.33 bits per heavy atom. The molecule has 1 aliphatic heterocycles.